The zero-order valence-electron chi connectivity index (χ0n) is 12.2. The maximum Gasteiger partial charge on any atom is 0.148 e. The first-order valence-corrected chi connectivity index (χ1v) is 6.90. The van der Waals surface area contributed by atoms with Crippen LogP contribution in [0.25, 0.3) is 0 Å². The molecule has 5 heteroatoms. The van der Waals surface area contributed by atoms with Gasteiger partial charge in [0.15, 0.2) is 0 Å². The Labute approximate surface area is 124 Å². The molecule has 0 fully saturated rings. The molecule has 0 aliphatic heterocycles. The summed E-state index contributed by atoms with van der Waals surface area (Å²) in [4.78, 5) is 0. The summed E-state index contributed by atoms with van der Waals surface area (Å²) in [6.45, 7) is 5.02. The minimum atomic E-state index is 0.547. The Hall–Kier alpha value is -2.56. The van der Waals surface area contributed by atoms with Gasteiger partial charge >= 0.3 is 0 Å². The summed E-state index contributed by atoms with van der Waals surface area (Å²) in [5.74, 6) is 1.40. The van der Waals surface area contributed by atoms with Gasteiger partial charge < -0.3 is 15.2 Å². The number of rotatable bonds is 6. The molecule has 0 saturated heterocycles. The number of benzene rings is 2. The second-order valence-electron chi connectivity index (χ2n) is 4.29. The molecule has 0 heterocycles. The van der Waals surface area contributed by atoms with Gasteiger partial charge in [-0.05, 0) is 38.1 Å². The number of nitrogen functional groups attached to an aromatic ring is 1. The monoisotopic (exact) mass is 285 g/mol. The first-order valence-electron chi connectivity index (χ1n) is 6.90. The van der Waals surface area contributed by atoms with E-state index in [2.05, 4.69) is 10.2 Å². The van der Waals surface area contributed by atoms with Crippen molar-refractivity contribution in [1.82, 2.24) is 0 Å². The maximum absolute atomic E-state index is 5.75. The Bertz CT molecular complexity index is 627. The smallest absolute Gasteiger partial charge is 0.148 e. The fourth-order valence-electron chi connectivity index (χ4n) is 1.80. The number of anilines is 1. The van der Waals surface area contributed by atoms with E-state index in [9.17, 15) is 0 Å². The predicted molar refractivity (Wildman–Crippen MR) is 83.8 cm³/mol. The Morgan fingerprint density at radius 2 is 1.76 bits per heavy atom. The second-order valence-corrected chi connectivity index (χ2v) is 4.29. The van der Waals surface area contributed by atoms with Gasteiger partial charge in [0.25, 0.3) is 0 Å². The van der Waals surface area contributed by atoms with Crippen molar-refractivity contribution in [1.29, 1.82) is 0 Å². The number of hydrogen-bond donors (Lipinski definition) is 1. The molecule has 0 bridgehead atoms. The Kier molecular flexibility index (Phi) is 5.15. The lowest BCUT2D eigenvalue weighted by molar-refractivity contribution is 0.340. The van der Waals surface area contributed by atoms with Crippen LogP contribution in [0, 0.1) is 0 Å². The van der Waals surface area contributed by atoms with Gasteiger partial charge in [-0.2, -0.15) is 5.11 Å². The standard InChI is InChI=1S/C16H19N3O2/c1-3-20-14-7-5-6-13(11-14)18-19-15-9-8-12(17)10-16(15)21-4-2/h5-11H,3-4,17H2,1-2H3/b19-18+. The fourth-order valence-corrected chi connectivity index (χ4v) is 1.80. The van der Waals surface area contributed by atoms with Crippen LogP contribution in [0.3, 0.4) is 0 Å². The minimum Gasteiger partial charge on any atom is -0.494 e. The van der Waals surface area contributed by atoms with E-state index in [0.29, 0.717) is 30.3 Å². The van der Waals surface area contributed by atoms with Crippen molar-refractivity contribution < 1.29 is 9.47 Å². The van der Waals surface area contributed by atoms with E-state index >= 15 is 0 Å². The molecule has 2 aromatic carbocycles. The lowest BCUT2D eigenvalue weighted by atomic mass is 10.2. The van der Waals surface area contributed by atoms with Crippen LogP contribution in [0.15, 0.2) is 52.7 Å². The molecule has 0 radical (unpaired) electrons. The highest BCUT2D eigenvalue weighted by Crippen LogP contribution is 2.31. The third kappa shape index (κ3) is 4.21. The Balaban J connectivity index is 2.22. The fraction of sp³-hybridized carbons (Fsp3) is 0.250. The molecule has 0 unspecified atom stereocenters. The van der Waals surface area contributed by atoms with Gasteiger partial charge in [0, 0.05) is 17.8 Å². The quantitative estimate of drug-likeness (QED) is 0.628. The molecule has 0 atom stereocenters. The molecule has 2 rings (SSSR count). The highest BCUT2D eigenvalue weighted by molar-refractivity contribution is 5.59. The lowest BCUT2D eigenvalue weighted by Gasteiger charge is -2.06. The summed E-state index contributed by atoms with van der Waals surface area (Å²) >= 11 is 0. The van der Waals surface area contributed by atoms with Gasteiger partial charge in [-0.15, -0.1) is 5.11 Å². The average Bonchev–Trinajstić information content (AvgIpc) is 2.48. The van der Waals surface area contributed by atoms with Gasteiger partial charge in [0.2, 0.25) is 0 Å². The number of azo groups is 1. The molecular formula is C16H19N3O2. The van der Waals surface area contributed by atoms with Crippen LogP contribution in [-0.2, 0) is 0 Å². The summed E-state index contributed by atoms with van der Waals surface area (Å²) in [5.41, 5.74) is 7.75. The zero-order chi connectivity index (χ0) is 15.1. The van der Waals surface area contributed by atoms with E-state index in [1.54, 1.807) is 18.2 Å². The Morgan fingerprint density at radius 3 is 2.52 bits per heavy atom. The third-order valence-corrected chi connectivity index (χ3v) is 2.69. The third-order valence-electron chi connectivity index (χ3n) is 2.69. The van der Waals surface area contributed by atoms with Crippen molar-refractivity contribution in [2.45, 2.75) is 13.8 Å². The van der Waals surface area contributed by atoms with Crippen molar-refractivity contribution in [3.63, 3.8) is 0 Å². The average molecular weight is 285 g/mol. The van der Waals surface area contributed by atoms with Gasteiger partial charge in [0.05, 0.1) is 18.9 Å². The molecule has 0 amide bonds. The molecule has 110 valence electrons. The molecule has 5 nitrogen and oxygen atoms in total. The molecule has 0 aliphatic carbocycles. The SMILES string of the molecule is CCOc1cccc(/N=N/c2ccc(N)cc2OCC)c1. The topological polar surface area (TPSA) is 69.2 Å². The van der Waals surface area contributed by atoms with Crippen molar-refractivity contribution in [2.75, 3.05) is 18.9 Å². The Morgan fingerprint density at radius 1 is 0.952 bits per heavy atom. The molecule has 2 N–H and O–H groups in total. The van der Waals surface area contributed by atoms with Crippen LogP contribution in [0.4, 0.5) is 17.1 Å². The maximum atomic E-state index is 5.75. The first kappa shape index (κ1) is 14.8. The predicted octanol–water partition coefficient (Wildman–Crippen LogP) is 4.48. The molecule has 21 heavy (non-hydrogen) atoms. The van der Waals surface area contributed by atoms with Gasteiger partial charge in [-0.25, -0.2) is 0 Å². The minimum absolute atomic E-state index is 0.547. The number of nitrogens with two attached hydrogens (primary N) is 1. The summed E-state index contributed by atoms with van der Waals surface area (Å²) in [7, 11) is 0. The van der Waals surface area contributed by atoms with E-state index in [1.807, 2.05) is 38.1 Å². The van der Waals surface area contributed by atoms with E-state index in [0.717, 1.165) is 11.4 Å². The molecule has 0 spiro atoms. The molecule has 0 saturated carbocycles. The molecule has 2 aromatic rings. The summed E-state index contributed by atoms with van der Waals surface area (Å²) in [6, 6.07) is 12.8. The summed E-state index contributed by atoms with van der Waals surface area (Å²) in [6.07, 6.45) is 0. The molecule has 0 aliphatic rings. The summed E-state index contributed by atoms with van der Waals surface area (Å²) in [5, 5.41) is 8.44. The van der Waals surface area contributed by atoms with E-state index in [4.69, 9.17) is 15.2 Å². The summed E-state index contributed by atoms with van der Waals surface area (Å²) < 4.78 is 10.9. The molecule has 0 aromatic heterocycles. The van der Waals surface area contributed by atoms with Crippen LogP contribution >= 0.6 is 0 Å². The van der Waals surface area contributed by atoms with Crippen LogP contribution in [0.1, 0.15) is 13.8 Å². The number of hydrogen-bond acceptors (Lipinski definition) is 5. The largest absolute Gasteiger partial charge is 0.494 e. The van der Waals surface area contributed by atoms with E-state index in [1.165, 1.54) is 0 Å². The van der Waals surface area contributed by atoms with Gasteiger partial charge in [-0.1, -0.05) is 6.07 Å². The van der Waals surface area contributed by atoms with Gasteiger partial charge in [-0.3, -0.25) is 0 Å². The van der Waals surface area contributed by atoms with Crippen LogP contribution in [0.5, 0.6) is 11.5 Å². The number of ether oxygens (including phenoxy) is 2. The van der Waals surface area contributed by atoms with Crippen LogP contribution in [0.2, 0.25) is 0 Å². The normalized spacial score (nSPS) is 10.8. The first-order chi connectivity index (χ1) is 10.2. The molecular weight excluding hydrogens is 266 g/mol. The number of nitrogens with zero attached hydrogens (tertiary/aromatic N) is 2. The second kappa shape index (κ2) is 7.28. The van der Waals surface area contributed by atoms with Crippen molar-refractivity contribution >= 4 is 17.1 Å². The highest BCUT2D eigenvalue weighted by atomic mass is 16.5. The van der Waals surface area contributed by atoms with Crippen molar-refractivity contribution in [3.05, 3.63) is 42.5 Å². The highest BCUT2D eigenvalue weighted by Gasteiger charge is 2.03. The lowest BCUT2D eigenvalue weighted by Crippen LogP contribution is -1.93. The van der Waals surface area contributed by atoms with Crippen LogP contribution < -0.4 is 15.2 Å². The van der Waals surface area contributed by atoms with Crippen molar-refractivity contribution in [2.24, 2.45) is 10.2 Å². The van der Waals surface area contributed by atoms with E-state index in [-0.39, 0.29) is 0 Å². The van der Waals surface area contributed by atoms with E-state index < -0.39 is 0 Å². The van der Waals surface area contributed by atoms with Crippen LogP contribution in [-0.4, -0.2) is 13.2 Å². The van der Waals surface area contributed by atoms with Crippen molar-refractivity contribution in [3.8, 4) is 11.5 Å². The van der Waals surface area contributed by atoms with Gasteiger partial charge in [0.1, 0.15) is 17.2 Å². The zero-order valence-corrected chi connectivity index (χ0v) is 12.2.